The standard InChI is InChI=1S/C12H16N2O3/c13-11(6-9-4-2-1-3-5-9)12(17)14-10(7-15)8-16/h1-5,7,10-11,16H,6,8,13H2,(H,14,17)/t10-,11+/m1/s1. The second-order valence-corrected chi connectivity index (χ2v) is 3.73. The Bertz CT molecular complexity index is 367. The van der Waals surface area contributed by atoms with Crippen LogP contribution in [0, 0.1) is 0 Å². The third-order valence-electron chi connectivity index (χ3n) is 2.32. The van der Waals surface area contributed by atoms with E-state index in [0.717, 1.165) is 5.56 Å². The first-order chi connectivity index (χ1) is 8.17. The lowest BCUT2D eigenvalue weighted by molar-refractivity contribution is -0.125. The van der Waals surface area contributed by atoms with E-state index in [1.807, 2.05) is 30.3 Å². The van der Waals surface area contributed by atoms with E-state index in [4.69, 9.17) is 10.8 Å². The Kier molecular flexibility index (Phi) is 5.32. The Hall–Kier alpha value is -1.72. The molecule has 2 atom stereocenters. The smallest absolute Gasteiger partial charge is 0.237 e. The zero-order valence-electron chi connectivity index (χ0n) is 9.37. The molecule has 17 heavy (non-hydrogen) atoms. The van der Waals surface area contributed by atoms with Crippen molar-refractivity contribution >= 4 is 12.2 Å². The molecule has 0 aliphatic heterocycles. The van der Waals surface area contributed by atoms with Crippen molar-refractivity contribution in [2.24, 2.45) is 5.73 Å². The summed E-state index contributed by atoms with van der Waals surface area (Å²) in [6.07, 6.45) is 0.872. The maximum atomic E-state index is 11.6. The predicted octanol–water partition coefficient (Wildman–Crippen LogP) is -0.768. The number of hydrogen-bond donors (Lipinski definition) is 3. The highest BCUT2D eigenvalue weighted by Gasteiger charge is 2.17. The fourth-order valence-corrected chi connectivity index (χ4v) is 1.37. The maximum absolute atomic E-state index is 11.6. The summed E-state index contributed by atoms with van der Waals surface area (Å²) in [7, 11) is 0. The lowest BCUT2D eigenvalue weighted by Crippen LogP contribution is -2.48. The van der Waals surface area contributed by atoms with Crippen LogP contribution in [0.3, 0.4) is 0 Å². The number of nitrogens with two attached hydrogens (primary N) is 1. The molecule has 0 fully saturated rings. The van der Waals surface area contributed by atoms with Crippen LogP contribution in [0.25, 0.3) is 0 Å². The van der Waals surface area contributed by atoms with Crippen LogP contribution in [0.4, 0.5) is 0 Å². The number of carbonyl (C=O) groups excluding carboxylic acids is 2. The maximum Gasteiger partial charge on any atom is 0.237 e. The number of benzene rings is 1. The number of rotatable bonds is 6. The fourth-order valence-electron chi connectivity index (χ4n) is 1.37. The SMILES string of the molecule is N[C@@H](Cc1ccccc1)C(=O)N[C@H](C=O)CO. The van der Waals surface area contributed by atoms with Crippen molar-refractivity contribution in [1.82, 2.24) is 5.32 Å². The van der Waals surface area contributed by atoms with Crippen molar-refractivity contribution in [2.75, 3.05) is 6.61 Å². The summed E-state index contributed by atoms with van der Waals surface area (Å²) < 4.78 is 0. The van der Waals surface area contributed by atoms with Crippen LogP contribution in [-0.2, 0) is 16.0 Å². The Balaban J connectivity index is 2.50. The van der Waals surface area contributed by atoms with Gasteiger partial charge < -0.3 is 21.0 Å². The molecule has 0 radical (unpaired) electrons. The fraction of sp³-hybridized carbons (Fsp3) is 0.333. The van der Waals surface area contributed by atoms with Gasteiger partial charge in [0.05, 0.1) is 12.6 Å². The van der Waals surface area contributed by atoms with Crippen LogP contribution < -0.4 is 11.1 Å². The molecular formula is C12H16N2O3. The molecular weight excluding hydrogens is 220 g/mol. The molecule has 0 unspecified atom stereocenters. The van der Waals surface area contributed by atoms with Gasteiger partial charge >= 0.3 is 0 Å². The first-order valence-electron chi connectivity index (χ1n) is 5.33. The first-order valence-corrected chi connectivity index (χ1v) is 5.33. The number of aliphatic hydroxyl groups is 1. The van der Waals surface area contributed by atoms with E-state index >= 15 is 0 Å². The molecule has 0 heterocycles. The zero-order valence-corrected chi connectivity index (χ0v) is 9.37. The van der Waals surface area contributed by atoms with E-state index < -0.39 is 24.6 Å². The van der Waals surface area contributed by atoms with Gasteiger partial charge in [-0.2, -0.15) is 0 Å². The normalized spacial score (nSPS) is 13.8. The van der Waals surface area contributed by atoms with Gasteiger partial charge in [-0.3, -0.25) is 4.79 Å². The third-order valence-corrected chi connectivity index (χ3v) is 2.32. The Morgan fingerprint density at radius 1 is 1.41 bits per heavy atom. The lowest BCUT2D eigenvalue weighted by Gasteiger charge is -2.15. The topological polar surface area (TPSA) is 92.4 Å². The van der Waals surface area contributed by atoms with Crippen LogP contribution in [0.1, 0.15) is 5.56 Å². The van der Waals surface area contributed by atoms with Gasteiger partial charge in [-0.15, -0.1) is 0 Å². The molecule has 1 rings (SSSR count). The number of hydrogen-bond acceptors (Lipinski definition) is 4. The monoisotopic (exact) mass is 236 g/mol. The number of nitrogens with one attached hydrogen (secondary N) is 1. The molecule has 0 aromatic heterocycles. The summed E-state index contributed by atoms with van der Waals surface area (Å²) >= 11 is 0. The molecule has 0 saturated carbocycles. The Morgan fingerprint density at radius 2 is 2.06 bits per heavy atom. The highest BCUT2D eigenvalue weighted by molar-refractivity contribution is 5.84. The molecule has 92 valence electrons. The van der Waals surface area contributed by atoms with Crippen molar-refractivity contribution < 1.29 is 14.7 Å². The largest absolute Gasteiger partial charge is 0.394 e. The Morgan fingerprint density at radius 3 is 2.59 bits per heavy atom. The van der Waals surface area contributed by atoms with Gasteiger partial charge in [0.2, 0.25) is 5.91 Å². The van der Waals surface area contributed by atoms with Crippen molar-refractivity contribution in [2.45, 2.75) is 18.5 Å². The van der Waals surface area contributed by atoms with Crippen LogP contribution in [0.2, 0.25) is 0 Å². The van der Waals surface area contributed by atoms with E-state index in [2.05, 4.69) is 5.32 Å². The van der Waals surface area contributed by atoms with Gasteiger partial charge in [-0.25, -0.2) is 0 Å². The van der Waals surface area contributed by atoms with Gasteiger partial charge in [0, 0.05) is 0 Å². The van der Waals surface area contributed by atoms with Gasteiger partial charge in [-0.1, -0.05) is 30.3 Å². The number of aliphatic hydroxyl groups excluding tert-OH is 1. The summed E-state index contributed by atoms with van der Waals surface area (Å²) in [4.78, 5) is 22.0. The molecule has 0 spiro atoms. The summed E-state index contributed by atoms with van der Waals surface area (Å²) in [6, 6.07) is 7.73. The second-order valence-electron chi connectivity index (χ2n) is 3.73. The van der Waals surface area contributed by atoms with Crippen molar-refractivity contribution in [3.63, 3.8) is 0 Å². The van der Waals surface area contributed by atoms with E-state index in [-0.39, 0.29) is 0 Å². The van der Waals surface area contributed by atoms with Gasteiger partial charge in [-0.05, 0) is 12.0 Å². The minimum Gasteiger partial charge on any atom is -0.394 e. The van der Waals surface area contributed by atoms with Crippen LogP contribution in [0.5, 0.6) is 0 Å². The average molecular weight is 236 g/mol. The minimum absolute atomic E-state index is 0.393. The molecule has 4 N–H and O–H groups in total. The highest BCUT2D eigenvalue weighted by Crippen LogP contribution is 2.01. The van der Waals surface area contributed by atoms with E-state index in [1.165, 1.54) is 0 Å². The van der Waals surface area contributed by atoms with Crippen molar-refractivity contribution in [3.05, 3.63) is 35.9 Å². The molecule has 0 aliphatic carbocycles. The number of aldehydes is 1. The predicted molar refractivity (Wildman–Crippen MR) is 63.2 cm³/mol. The van der Waals surface area contributed by atoms with E-state index in [1.54, 1.807) is 0 Å². The molecule has 1 aromatic carbocycles. The van der Waals surface area contributed by atoms with Gasteiger partial charge in [0.1, 0.15) is 12.3 Å². The summed E-state index contributed by atoms with van der Waals surface area (Å²) in [6.45, 7) is -0.423. The summed E-state index contributed by atoms with van der Waals surface area (Å²) in [5, 5.41) is 11.1. The minimum atomic E-state index is -0.885. The Labute approximate surface area is 99.6 Å². The molecule has 0 saturated heterocycles. The molecule has 1 aromatic rings. The highest BCUT2D eigenvalue weighted by atomic mass is 16.3. The van der Waals surface area contributed by atoms with Crippen LogP contribution >= 0.6 is 0 Å². The second kappa shape index (κ2) is 6.78. The lowest BCUT2D eigenvalue weighted by atomic mass is 10.1. The third kappa shape index (κ3) is 4.34. The number of amides is 1. The van der Waals surface area contributed by atoms with E-state index in [9.17, 15) is 9.59 Å². The van der Waals surface area contributed by atoms with Crippen LogP contribution in [-0.4, -0.2) is 36.0 Å². The molecule has 1 amide bonds. The molecule has 0 aliphatic rings. The first kappa shape index (κ1) is 13.3. The molecule has 5 nitrogen and oxygen atoms in total. The zero-order chi connectivity index (χ0) is 12.7. The number of carbonyl (C=O) groups is 2. The van der Waals surface area contributed by atoms with E-state index in [0.29, 0.717) is 12.7 Å². The summed E-state index contributed by atoms with van der Waals surface area (Å²) in [5.74, 6) is -0.444. The molecule has 0 bridgehead atoms. The van der Waals surface area contributed by atoms with Crippen LogP contribution in [0.15, 0.2) is 30.3 Å². The molecule has 5 heteroatoms. The summed E-state index contributed by atoms with van der Waals surface area (Å²) in [5.41, 5.74) is 6.64. The van der Waals surface area contributed by atoms with Gasteiger partial charge in [0.15, 0.2) is 0 Å². The van der Waals surface area contributed by atoms with Gasteiger partial charge in [0.25, 0.3) is 0 Å². The quantitative estimate of drug-likeness (QED) is 0.566. The van der Waals surface area contributed by atoms with Crippen molar-refractivity contribution in [3.8, 4) is 0 Å². The van der Waals surface area contributed by atoms with Crippen molar-refractivity contribution in [1.29, 1.82) is 0 Å². The average Bonchev–Trinajstić information content (AvgIpc) is 2.36.